The SMILES string of the molecule is COCCn1ccc2cc(NC(=O)C3CCCN3C(=O)c3ccc4ccccc4c3O)ccc21. The van der Waals surface area contributed by atoms with Gasteiger partial charge in [0.1, 0.15) is 11.8 Å². The third-order valence-corrected chi connectivity index (χ3v) is 6.52. The maximum atomic E-state index is 13.3. The summed E-state index contributed by atoms with van der Waals surface area (Å²) in [7, 11) is 1.68. The molecule has 1 aliphatic rings. The van der Waals surface area contributed by atoms with Crippen LogP contribution in [0.4, 0.5) is 5.69 Å². The third kappa shape index (κ3) is 3.99. The van der Waals surface area contributed by atoms with Crippen LogP contribution >= 0.6 is 0 Å². The van der Waals surface area contributed by atoms with Gasteiger partial charge in [-0.05, 0) is 48.6 Å². The van der Waals surface area contributed by atoms with Crippen LogP contribution < -0.4 is 5.32 Å². The van der Waals surface area contributed by atoms with Crippen LogP contribution in [0.15, 0.2) is 66.9 Å². The van der Waals surface area contributed by atoms with E-state index in [1.54, 1.807) is 24.1 Å². The fourth-order valence-corrected chi connectivity index (χ4v) is 4.75. The molecule has 0 bridgehead atoms. The van der Waals surface area contributed by atoms with Gasteiger partial charge in [0.15, 0.2) is 0 Å². The van der Waals surface area contributed by atoms with E-state index in [2.05, 4.69) is 9.88 Å². The van der Waals surface area contributed by atoms with Crippen LogP contribution in [-0.2, 0) is 16.1 Å². The van der Waals surface area contributed by atoms with Crippen LogP contribution in [0.1, 0.15) is 23.2 Å². The zero-order valence-corrected chi connectivity index (χ0v) is 19.0. The molecule has 1 fully saturated rings. The van der Waals surface area contributed by atoms with Crippen LogP contribution in [-0.4, -0.2) is 52.7 Å². The number of rotatable bonds is 6. The smallest absolute Gasteiger partial charge is 0.258 e. The number of carbonyl (C=O) groups is 2. The quantitative estimate of drug-likeness (QED) is 0.450. The Morgan fingerprint density at radius 3 is 2.79 bits per heavy atom. The van der Waals surface area contributed by atoms with Gasteiger partial charge in [0.05, 0.1) is 12.2 Å². The Bertz CT molecular complexity index is 1380. The van der Waals surface area contributed by atoms with Gasteiger partial charge in [0.2, 0.25) is 5.91 Å². The largest absolute Gasteiger partial charge is 0.506 e. The van der Waals surface area contributed by atoms with Gasteiger partial charge in [-0.25, -0.2) is 0 Å². The molecule has 7 nitrogen and oxygen atoms in total. The minimum absolute atomic E-state index is 0.0439. The molecule has 0 spiro atoms. The molecule has 0 aliphatic carbocycles. The van der Waals surface area contributed by atoms with Crippen molar-refractivity contribution in [2.24, 2.45) is 0 Å². The first-order valence-corrected chi connectivity index (χ1v) is 11.5. The number of nitrogens with one attached hydrogen (secondary N) is 1. The maximum Gasteiger partial charge on any atom is 0.258 e. The summed E-state index contributed by atoms with van der Waals surface area (Å²) >= 11 is 0. The molecular weight excluding hydrogens is 430 g/mol. The fraction of sp³-hybridized carbons (Fsp3) is 0.259. The maximum absolute atomic E-state index is 13.3. The topological polar surface area (TPSA) is 83.8 Å². The minimum Gasteiger partial charge on any atom is -0.506 e. The number of ether oxygens (including phenoxy) is 1. The molecule has 34 heavy (non-hydrogen) atoms. The standard InChI is InChI=1S/C27H27N3O4/c1-34-16-15-29-14-12-19-17-20(9-11-23(19)29)28-26(32)24-7-4-13-30(24)27(33)22-10-8-18-5-2-3-6-21(18)25(22)31/h2-3,5-6,8-12,14,17,24,31H,4,7,13,15-16H2,1H3,(H,28,32). The lowest BCUT2D eigenvalue weighted by Gasteiger charge is -2.24. The first-order valence-electron chi connectivity index (χ1n) is 11.5. The molecule has 1 aromatic heterocycles. The van der Waals surface area contributed by atoms with Gasteiger partial charge in [-0.2, -0.15) is 0 Å². The molecule has 2 heterocycles. The van der Waals surface area contributed by atoms with Gasteiger partial charge in [0.25, 0.3) is 5.91 Å². The lowest BCUT2D eigenvalue weighted by Crippen LogP contribution is -2.43. The average molecular weight is 458 g/mol. The Morgan fingerprint density at radius 2 is 1.94 bits per heavy atom. The van der Waals surface area contributed by atoms with Crippen LogP contribution in [0, 0.1) is 0 Å². The van der Waals surface area contributed by atoms with Crippen LogP contribution in [0.3, 0.4) is 0 Å². The number of nitrogens with zero attached hydrogens (tertiary/aromatic N) is 2. The Morgan fingerprint density at radius 1 is 1.09 bits per heavy atom. The van der Waals surface area contributed by atoms with E-state index < -0.39 is 6.04 Å². The monoisotopic (exact) mass is 457 g/mol. The van der Waals surface area contributed by atoms with E-state index >= 15 is 0 Å². The van der Waals surface area contributed by atoms with Gasteiger partial charge in [-0.3, -0.25) is 9.59 Å². The van der Waals surface area contributed by atoms with Gasteiger partial charge >= 0.3 is 0 Å². The Kier molecular flexibility index (Phi) is 5.94. The van der Waals surface area contributed by atoms with E-state index in [1.165, 1.54) is 0 Å². The number of aromatic hydroxyl groups is 1. The fourth-order valence-electron chi connectivity index (χ4n) is 4.75. The second-order valence-electron chi connectivity index (χ2n) is 8.60. The molecule has 1 unspecified atom stereocenters. The number of hydrogen-bond donors (Lipinski definition) is 2. The summed E-state index contributed by atoms with van der Waals surface area (Å²) in [5, 5.41) is 16.2. The third-order valence-electron chi connectivity index (χ3n) is 6.52. The Labute approximate surface area is 197 Å². The number of hydrogen-bond acceptors (Lipinski definition) is 4. The van der Waals surface area contributed by atoms with Crippen molar-refractivity contribution in [3.05, 3.63) is 72.4 Å². The number of likely N-dealkylation sites (tertiary alicyclic amines) is 1. The van der Waals surface area contributed by atoms with Crippen molar-refractivity contribution in [1.82, 2.24) is 9.47 Å². The number of aromatic nitrogens is 1. The molecule has 2 N–H and O–H groups in total. The van der Waals surface area contributed by atoms with Crippen molar-refractivity contribution in [3.63, 3.8) is 0 Å². The van der Waals surface area contributed by atoms with Gasteiger partial charge in [-0.1, -0.05) is 30.3 Å². The summed E-state index contributed by atoms with van der Waals surface area (Å²) in [6.07, 6.45) is 3.32. The number of amides is 2. The van der Waals surface area contributed by atoms with E-state index in [-0.39, 0.29) is 23.1 Å². The number of phenolic OH excluding ortho intramolecular Hbond substituents is 1. The number of benzene rings is 3. The van der Waals surface area contributed by atoms with Crippen LogP contribution in [0.2, 0.25) is 0 Å². The zero-order valence-electron chi connectivity index (χ0n) is 19.0. The highest BCUT2D eigenvalue weighted by Crippen LogP contribution is 2.31. The molecule has 1 saturated heterocycles. The van der Waals surface area contributed by atoms with E-state index in [4.69, 9.17) is 4.74 Å². The van der Waals surface area contributed by atoms with E-state index in [0.29, 0.717) is 30.6 Å². The van der Waals surface area contributed by atoms with Crippen molar-refractivity contribution in [2.45, 2.75) is 25.4 Å². The molecule has 174 valence electrons. The molecule has 1 aliphatic heterocycles. The molecule has 1 atom stereocenters. The molecule has 3 aromatic carbocycles. The number of carbonyl (C=O) groups excluding carboxylic acids is 2. The number of methoxy groups -OCH3 is 1. The second-order valence-corrected chi connectivity index (χ2v) is 8.60. The predicted octanol–water partition coefficient (Wildman–Crippen LogP) is 4.39. The van der Waals surface area contributed by atoms with Crippen molar-refractivity contribution in [2.75, 3.05) is 25.6 Å². The average Bonchev–Trinajstić information content (AvgIpc) is 3.50. The summed E-state index contributed by atoms with van der Waals surface area (Å²) in [6, 6.07) is 18.1. The highest BCUT2D eigenvalue weighted by atomic mass is 16.5. The number of phenols is 1. The van der Waals surface area contributed by atoms with Gasteiger partial charge in [0, 0.05) is 48.4 Å². The zero-order chi connectivity index (χ0) is 23.7. The van der Waals surface area contributed by atoms with Gasteiger partial charge in [-0.15, -0.1) is 0 Å². The minimum atomic E-state index is -0.583. The first-order chi connectivity index (χ1) is 16.6. The second kappa shape index (κ2) is 9.19. The van der Waals surface area contributed by atoms with Gasteiger partial charge < -0.3 is 24.6 Å². The molecule has 0 saturated carbocycles. The number of fused-ring (bicyclic) bond motifs is 2. The molecular formula is C27H27N3O4. The molecule has 0 radical (unpaired) electrons. The highest BCUT2D eigenvalue weighted by molar-refractivity contribution is 6.06. The van der Waals surface area contributed by atoms with Crippen LogP contribution in [0.5, 0.6) is 5.75 Å². The Hall–Kier alpha value is -3.84. The summed E-state index contributed by atoms with van der Waals surface area (Å²) < 4.78 is 7.27. The van der Waals surface area contributed by atoms with Crippen molar-refractivity contribution in [3.8, 4) is 5.75 Å². The summed E-state index contributed by atoms with van der Waals surface area (Å²) in [5.74, 6) is -0.589. The van der Waals surface area contributed by atoms with Crippen molar-refractivity contribution in [1.29, 1.82) is 0 Å². The van der Waals surface area contributed by atoms with Crippen molar-refractivity contribution < 1.29 is 19.4 Å². The first kappa shape index (κ1) is 22.0. The number of anilines is 1. The summed E-state index contributed by atoms with van der Waals surface area (Å²) in [4.78, 5) is 28.0. The molecule has 2 amide bonds. The van der Waals surface area contributed by atoms with E-state index in [0.717, 1.165) is 29.3 Å². The predicted molar refractivity (Wildman–Crippen MR) is 132 cm³/mol. The molecule has 7 heteroatoms. The van der Waals surface area contributed by atoms with Crippen molar-refractivity contribution >= 4 is 39.2 Å². The highest BCUT2D eigenvalue weighted by Gasteiger charge is 2.35. The lowest BCUT2D eigenvalue weighted by molar-refractivity contribution is -0.119. The normalized spacial score (nSPS) is 15.8. The van der Waals surface area contributed by atoms with E-state index in [9.17, 15) is 14.7 Å². The Balaban J connectivity index is 1.34. The van der Waals surface area contributed by atoms with Crippen LogP contribution in [0.25, 0.3) is 21.7 Å². The molecule has 5 rings (SSSR count). The lowest BCUT2D eigenvalue weighted by atomic mass is 10.0. The summed E-state index contributed by atoms with van der Waals surface area (Å²) in [5.41, 5.74) is 1.98. The summed E-state index contributed by atoms with van der Waals surface area (Å²) in [6.45, 7) is 1.86. The van der Waals surface area contributed by atoms with E-state index in [1.807, 2.05) is 54.7 Å². The molecule has 4 aromatic rings.